The number of aliphatic hydroxyl groups is 1. The lowest BCUT2D eigenvalue weighted by atomic mass is 10.1. The molecule has 1 heterocycles. The highest BCUT2D eigenvalue weighted by molar-refractivity contribution is 5.78. The average Bonchev–Trinajstić information content (AvgIpc) is 2.86. The summed E-state index contributed by atoms with van der Waals surface area (Å²) in [7, 11) is 0. The third-order valence-corrected chi connectivity index (χ3v) is 4.38. The number of fused-ring (bicyclic) bond motifs is 1. The van der Waals surface area contributed by atoms with Crippen LogP contribution in [0, 0.1) is 13.8 Å². The molecule has 0 radical (unpaired) electrons. The van der Waals surface area contributed by atoms with E-state index in [2.05, 4.69) is 54.6 Å². The Morgan fingerprint density at radius 2 is 1.64 bits per heavy atom. The summed E-state index contributed by atoms with van der Waals surface area (Å²) < 4.78 is 2.15. The van der Waals surface area contributed by atoms with E-state index in [4.69, 9.17) is 0 Å². The summed E-state index contributed by atoms with van der Waals surface area (Å²) in [4.78, 5) is 4.67. The highest BCUT2D eigenvalue weighted by Crippen LogP contribution is 2.30. The standard InChI is InChI=1S/C19H22N2O/c1-12-10-17-18(11-13(12)2)21(19(20-17)15(4)22)14(3)16-8-6-5-7-9-16/h5-11,14-15,22H,1-4H3. The van der Waals surface area contributed by atoms with Crippen LogP contribution in [0.4, 0.5) is 0 Å². The fraction of sp³-hybridized carbons (Fsp3) is 0.316. The van der Waals surface area contributed by atoms with E-state index in [1.54, 1.807) is 6.92 Å². The topological polar surface area (TPSA) is 38.1 Å². The molecule has 22 heavy (non-hydrogen) atoms. The zero-order valence-corrected chi connectivity index (χ0v) is 13.5. The second-order valence-electron chi connectivity index (χ2n) is 6.03. The molecule has 0 aliphatic carbocycles. The molecule has 0 amide bonds. The van der Waals surface area contributed by atoms with Crippen LogP contribution in [0.5, 0.6) is 0 Å². The highest BCUT2D eigenvalue weighted by atomic mass is 16.3. The van der Waals surface area contributed by atoms with Gasteiger partial charge >= 0.3 is 0 Å². The first-order chi connectivity index (χ1) is 10.5. The number of aliphatic hydroxyl groups excluding tert-OH is 1. The smallest absolute Gasteiger partial charge is 0.139 e. The van der Waals surface area contributed by atoms with Gasteiger partial charge in [0.25, 0.3) is 0 Å². The van der Waals surface area contributed by atoms with Crippen molar-refractivity contribution in [3.63, 3.8) is 0 Å². The van der Waals surface area contributed by atoms with E-state index >= 15 is 0 Å². The van der Waals surface area contributed by atoms with Gasteiger partial charge in [0.15, 0.2) is 0 Å². The van der Waals surface area contributed by atoms with Crippen LogP contribution in [-0.4, -0.2) is 14.7 Å². The van der Waals surface area contributed by atoms with Crippen molar-refractivity contribution in [1.82, 2.24) is 9.55 Å². The van der Waals surface area contributed by atoms with E-state index in [0.29, 0.717) is 0 Å². The van der Waals surface area contributed by atoms with Crippen molar-refractivity contribution in [3.05, 3.63) is 65.0 Å². The number of rotatable bonds is 3. The fourth-order valence-corrected chi connectivity index (χ4v) is 2.95. The van der Waals surface area contributed by atoms with Gasteiger partial charge in [0.2, 0.25) is 0 Å². The zero-order chi connectivity index (χ0) is 15.9. The van der Waals surface area contributed by atoms with Gasteiger partial charge in [-0.25, -0.2) is 4.98 Å². The lowest BCUT2D eigenvalue weighted by Crippen LogP contribution is -2.12. The van der Waals surface area contributed by atoms with Gasteiger partial charge in [0, 0.05) is 0 Å². The largest absolute Gasteiger partial charge is 0.385 e. The lowest BCUT2D eigenvalue weighted by molar-refractivity contribution is 0.183. The molecule has 0 fully saturated rings. The van der Waals surface area contributed by atoms with Crippen molar-refractivity contribution in [2.24, 2.45) is 0 Å². The van der Waals surface area contributed by atoms with Crippen LogP contribution in [0.25, 0.3) is 11.0 Å². The first kappa shape index (κ1) is 14.8. The minimum absolute atomic E-state index is 0.123. The number of imidazole rings is 1. The van der Waals surface area contributed by atoms with Crippen LogP contribution in [0.2, 0.25) is 0 Å². The maximum atomic E-state index is 10.2. The summed E-state index contributed by atoms with van der Waals surface area (Å²) in [6, 6.07) is 14.7. The van der Waals surface area contributed by atoms with Crippen molar-refractivity contribution in [1.29, 1.82) is 0 Å². The second kappa shape index (κ2) is 5.58. The predicted octanol–water partition coefficient (Wildman–Crippen LogP) is 4.32. The average molecular weight is 294 g/mol. The van der Waals surface area contributed by atoms with E-state index in [0.717, 1.165) is 16.9 Å². The summed E-state index contributed by atoms with van der Waals surface area (Å²) in [6.45, 7) is 8.13. The third-order valence-electron chi connectivity index (χ3n) is 4.38. The Morgan fingerprint density at radius 3 is 2.27 bits per heavy atom. The first-order valence-corrected chi connectivity index (χ1v) is 7.71. The SMILES string of the molecule is Cc1cc2nc(C(C)O)n(C(C)c3ccccc3)c2cc1C. The Kier molecular flexibility index (Phi) is 3.75. The quantitative estimate of drug-likeness (QED) is 0.781. The van der Waals surface area contributed by atoms with Crippen LogP contribution in [0.15, 0.2) is 42.5 Å². The Morgan fingerprint density at radius 1 is 1.00 bits per heavy atom. The van der Waals surface area contributed by atoms with Gasteiger partial charge in [-0.3, -0.25) is 0 Å². The number of hydrogen-bond acceptors (Lipinski definition) is 2. The highest BCUT2D eigenvalue weighted by Gasteiger charge is 2.20. The molecular weight excluding hydrogens is 272 g/mol. The van der Waals surface area contributed by atoms with E-state index in [1.807, 2.05) is 18.2 Å². The number of aromatic nitrogens is 2. The molecular formula is C19H22N2O. The maximum Gasteiger partial charge on any atom is 0.139 e. The number of benzene rings is 2. The molecule has 2 aromatic carbocycles. The van der Waals surface area contributed by atoms with Gasteiger partial charge in [-0.15, -0.1) is 0 Å². The monoisotopic (exact) mass is 294 g/mol. The van der Waals surface area contributed by atoms with Gasteiger partial charge < -0.3 is 9.67 Å². The summed E-state index contributed by atoms with van der Waals surface area (Å²) >= 11 is 0. The normalized spacial score (nSPS) is 14.2. The molecule has 0 aliphatic rings. The molecule has 3 heteroatoms. The minimum atomic E-state index is -0.598. The molecule has 1 aromatic heterocycles. The molecule has 3 nitrogen and oxygen atoms in total. The molecule has 0 spiro atoms. The Bertz CT molecular complexity index is 803. The Labute approximate surface area is 131 Å². The zero-order valence-electron chi connectivity index (χ0n) is 13.5. The van der Waals surface area contributed by atoms with E-state index in [9.17, 15) is 5.11 Å². The van der Waals surface area contributed by atoms with Gasteiger partial charge in [0.05, 0.1) is 17.1 Å². The van der Waals surface area contributed by atoms with Crippen molar-refractivity contribution in [2.45, 2.75) is 39.8 Å². The molecule has 0 bridgehead atoms. The maximum absolute atomic E-state index is 10.2. The van der Waals surface area contributed by atoms with Crippen LogP contribution in [-0.2, 0) is 0 Å². The third kappa shape index (κ3) is 2.42. The lowest BCUT2D eigenvalue weighted by Gasteiger charge is -2.19. The van der Waals surface area contributed by atoms with Gasteiger partial charge in [-0.1, -0.05) is 30.3 Å². The van der Waals surface area contributed by atoms with Crippen LogP contribution < -0.4 is 0 Å². The van der Waals surface area contributed by atoms with Crippen molar-refractivity contribution in [3.8, 4) is 0 Å². The first-order valence-electron chi connectivity index (χ1n) is 7.71. The predicted molar refractivity (Wildman–Crippen MR) is 90.1 cm³/mol. The number of nitrogens with zero attached hydrogens (tertiary/aromatic N) is 2. The van der Waals surface area contributed by atoms with Crippen LogP contribution in [0.1, 0.15) is 48.5 Å². The summed E-state index contributed by atoms with van der Waals surface area (Å²) in [5.74, 6) is 0.719. The van der Waals surface area contributed by atoms with E-state index in [-0.39, 0.29) is 6.04 Å². The molecule has 0 saturated heterocycles. The van der Waals surface area contributed by atoms with Gasteiger partial charge in [0.1, 0.15) is 11.9 Å². The van der Waals surface area contributed by atoms with Crippen molar-refractivity contribution >= 4 is 11.0 Å². The Hall–Kier alpha value is -2.13. The molecule has 114 valence electrons. The summed E-state index contributed by atoms with van der Waals surface area (Å²) in [6.07, 6.45) is -0.598. The molecule has 3 rings (SSSR count). The molecule has 0 saturated carbocycles. The van der Waals surface area contributed by atoms with Crippen LogP contribution >= 0.6 is 0 Å². The second-order valence-corrected chi connectivity index (χ2v) is 6.03. The van der Waals surface area contributed by atoms with E-state index < -0.39 is 6.10 Å². The van der Waals surface area contributed by atoms with Crippen LogP contribution in [0.3, 0.4) is 0 Å². The molecule has 2 atom stereocenters. The van der Waals surface area contributed by atoms with Crippen molar-refractivity contribution < 1.29 is 5.11 Å². The molecule has 0 aliphatic heterocycles. The Balaban J connectivity index is 2.26. The number of aryl methyl sites for hydroxylation is 2. The molecule has 3 aromatic rings. The number of hydrogen-bond donors (Lipinski definition) is 1. The van der Waals surface area contributed by atoms with E-state index in [1.165, 1.54) is 16.7 Å². The fourth-order valence-electron chi connectivity index (χ4n) is 2.95. The molecule has 1 N–H and O–H groups in total. The van der Waals surface area contributed by atoms with Crippen molar-refractivity contribution in [2.75, 3.05) is 0 Å². The molecule has 2 unspecified atom stereocenters. The van der Waals surface area contributed by atoms with Gasteiger partial charge in [-0.2, -0.15) is 0 Å². The summed E-state index contributed by atoms with van der Waals surface area (Å²) in [5.41, 5.74) is 5.70. The van der Waals surface area contributed by atoms with Gasteiger partial charge in [-0.05, 0) is 56.5 Å². The summed E-state index contributed by atoms with van der Waals surface area (Å²) in [5, 5.41) is 10.2. The minimum Gasteiger partial charge on any atom is -0.385 e.